The van der Waals surface area contributed by atoms with Gasteiger partial charge in [-0.3, -0.25) is 9.79 Å². The number of aliphatic imine (C=N–C) groups is 2. The summed E-state index contributed by atoms with van der Waals surface area (Å²) in [5.74, 6) is 1.76. The van der Waals surface area contributed by atoms with Gasteiger partial charge in [-0.1, -0.05) is 52.6 Å². The van der Waals surface area contributed by atoms with Crippen LogP contribution in [0.4, 0.5) is 5.69 Å². The standard InChI is InChI=1S/C23H32N4O.C2H6NP/c1-3-5-6-7-8-11-15-24-20-26-16-12-17-27(19-18-26)23(28)21-13-9-10-14-22(21)25-4-2;1-3-2-4/h5-11,13-15,20,25H,3-4,12,16-19H2,1-2H3;2H,4H2,1H3/b6-5-,8-7-,15-11+,24-20?;. The fourth-order valence-corrected chi connectivity index (χ4v) is 3.02. The van der Waals surface area contributed by atoms with Gasteiger partial charge in [-0.2, -0.15) is 0 Å². The van der Waals surface area contributed by atoms with Crippen LogP contribution in [0.2, 0.25) is 0 Å². The van der Waals surface area contributed by atoms with Crippen LogP contribution in [-0.4, -0.2) is 67.8 Å². The molecule has 0 saturated carbocycles. The Balaban J connectivity index is 0.00000118. The second-order valence-electron chi connectivity index (χ2n) is 6.99. The Hall–Kier alpha value is -2.72. The van der Waals surface area contributed by atoms with Gasteiger partial charge in [0.05, 0.1) is 11.9 Å². The number of hydrogen-bond acceptors (Lipinski definition) is 4. The van der Waals surface area contributed by atoms with Gasteiger partial charge in [0.2, 0.25) is 0 Å². The minimum Gasteiger partial charge on any atom is -0.385 e. The van der Waals surface area contributed by atoms with Crippen molar-refractivity contribution in [3.05, 3.63) is 66.4 Å². The summed E-state index contributed by atoms with van der Waals surface area (Å²) in [6, 6.07) is 7.74. The Bertz CT molecular complexity index is 797. The normalized spacial score (nSPS) is 15.1. The SMILES string of the molecule is CC\C=C/C=C\C=C\N=CN1CCCN(C(=O)c2ccccc2NCC)CC1.CN=CP. The molecular weight excluding hydrogens is 417 g/mol. The molecular formula is C25H38N5OP. The zero-order valence-electron chi connectivity index (χ0n) is 19.7. The highest BCUT2D eigenvalue weighted by molar-refractivity contribution is 7.36. The van der Waals surface area contributed by atoms with Crippen LogP contribution < -0.4 is 5.32 Å². The van der Waals surface area contributed by atoms with Crippen LogP contribution in [0.3, 0.4) is 0 Å². The first-order valence-corrected chi connectivity index (χ1v) is 11.8. The molecule has 1 heterocycles. The van der Waals surface area contributed by atoms with E-state index in [0.717, 1.165) is 50.3 Å². The van der Waals surface area contributed by atoms with Crippen LogP contribution in [0.1, 0.15) is 37.0 Å². The summed E-state index contributed by atoms with van der Waals surface area (Å²) in [5.41, 5.74) is 1.66. The maximum absolute atomic E-state index is 13.0. The summed E-state index contributed by atoms with van der Waals surface area (Å²) in [6.07, 6.45) is 15.7. The number of benzene rings is 1. The van der Waals surface area contributed by atoms with Crippen molar-refractivity contribution >= 4 is 33.1 Å². The third-order valence-electron chi connectivity index (χ3n) is 4.60. The molecule has 0 aliphatic carbocycles. The van der Waals surface area contributed by atoms with E-state index in [1.807, 2.05) is 66.7 Å². The summed E-state index contributed by atoms with van der Waals surface area (Å²) in [7, 11) is 4.09. The Morgan fingerprint density at radius 2 is 1.84 bits per heavy atom. The molecule has 174 valence electrons. The summed E-state index contributed by atoms with van der Waals surface area (Å²) in [4.78, 5) is 25.0. The molecule has 1 N–H and O–H groups in total. The van der Waals surface area contributed by atoms with E-state index in [1.54, 1.807) is 19.2 Å². The summed E-state index contributed by atoms with van der Waals surface area (Å²) < 4.78 is 0. The minimum atomic E-state index is 0.0977. The number of para-hydroxylation sites is 1. The van der Waals surface area contributed by atoms with Gasteiger partial charge in [-0.15, -0.1) is 0 Å². The average molecular weight is 456 g/mol. The van der Waals surface area contributed by atoms with Crippen molar-refractivity contribution in [2.75, 3.05) is 45.1 Å². The van der Waals surface area contributed by atoms with E-state index < -0.39 is 0 Å². The molecule has 32 heavy (non-hydrogen) atoms. The lowest BCUT2D eigenvalue weighted by molar-refractivity contribution is 0.0765. The zero-order valence-corrected chi connectivity index (χ0v) is 20.8. The summed E-state index contributed by atoms with van der Waals surface area (Å²) in [5, 5.41) is 3.28. The van der Waals surface area contributed by atoms with Crippen molar-refractivity contribution in [3.8, 4) is 0 Å². The number of nitrogens with zero attached hydrogens (tertiary/aromatic N) is 4. The van der Waals surface area contributed by atoms with Gasteiger partial charge in [0.15, 0.2) is 0 Å². The third-order valence-corrected chi connectivity index (χ3v) is 4.90. The van der Waals surface area contributed by atoms with E-state index in [1.165, 1.54) is 0 Å². The molecule has 1 saturated heterocycles. The molecule has 1 aliphatic rings. The molecule has 0 radical (unpaired) electrons. The fraction of sp³-hybridized carbons (Fsp3) is 0.400. The molecule has 1 fully saturated rings. The molecule has 1 aromatic carbocycles. The van der Waals surface area contributed by atoms with Crippen molar-refractivity contribution in [2.24, 2.45) is 9.98 Å². The molecule has 1 atom stereocenters. The second-order valence-corrected chi connectivity index (χ2v) is 7.29. The number of anilines is 1. The number of hydrogen-bond donors (Lipinski definition) is 1. The number of nitrogens with one attached hydrogen (secondary N) is 1. The Morgan fingerprint density at radius 1 is 1.09 bits per heavy atom. The molecule has 0 aromatic heterocycles. The van der Waals surface area contributed by atoms with Crippen LogP contribution in [0.25, 0.3) is 0 Å². The van der Waals surface area contributed by atoms with Gasteiger partial charge in [0.25, 0.3) is 5.91 Å². The summed E-state index contributed by atoms with van der Waals surface area (Å²) >= 11 is 0. The van der Waals surface area contributed by atoms with Crippen LogP contribution >= 0.6 is 9.24 Å². The molecule has 1 aliphatic heterocycles. The number of carbonyl (C=O) groups is 1. The zero-order chi connectivity index (χ0) is 23.4. The van der Waals surface area contributed by atoms with Gasteiger partial charge >= 0.3 is 0 Å². The fourth-order valence-electron chi connectivity index (χ4n) is 3.02. The highest BCUT2D eigenvalue weighted by atomic mass is 31.0. The van der Waals surface area contributed by atoms with Crippen molar-refractivity contribution in [1.82, 2.24) is 9.80 Å². The molecule has 2 rings (SSSR count). The van der Waals surface area contributed by atoms with E-state index in [0.29, 0.717) is 6.54 Å². The largest absolute Gasteiger partial charge is 0.385 e. The number of amides is 1. The van der Waals surface area contributed by atoms with Crippen LogP contribution in [0.15, 0.2) is 70.8 Å². The highest BCUT2D eigenvalue weighted by Crippen LogP contribution is 2.18. The first kappa shape index (κ1) is 27.3. The van der Waals surface area contributed by atoms with Crippen molar-refractivity contribution in [3.63, 3.8) is 0 Å². The lowest BCUT2D eigenvalue weighted by atomic mass is 10.1. The van der Waals surface area contributed by atoms with E-state index >= 15 is 0 Å². The minimum absolute atomic E-state index is 0.0977. The topological polar surface area (TPSA) is 60.3 Å². The molecule has 0 spiro atoms. The smallest absolute Gasteiger partial charge is 0.256 e. The number of allylic oxidation sites excluding steroid dienone is 5. The van der Waals surface area contributed by atoms with Crippen molar-refractivity contribution in [2.45, 2.75) is 26.7 Å². The predicted octanol–water partition coefficient (Wildman–Crippen LogP) is 4.85. The second kappa shape index (κ2) is 17.9. The van der Waals surface area contributed by atoms with E-state index in [2.05, 4.69) is 42.4 Å². The van der Waals surface area contributed by atoms with Gasteiger partial charge in [0, 0.05) is 57.6 Å². The molecule has 6 nitrogen and oxygen atoms in total. The van der Waals surface area contributed by atoms with Crippen LogP contribution in [0.5, 0.6) is 0 Å². The lowest BCUT2D eigenvalue weighted by Gasteiger charge is -2.22. The quantitative estimate of drug-likeness (QED) is 0.264. The van der Waals surface area contributed by atoms with Crippen molar-refractivity contribution < 1.29 is 4.79 Å². The van der Waals surface area contributed by atoms with Gasteiger partial charge < -0.3 is 15.1 Å². The van der Waals surface area contributed by atoms with Gasteiger partial charge in [-0.05, 0) is 38.0 Å². The Morgan fingerprint density at radius 3 is 2.56 bits per heavy atom. The predicted molar refractivity (Wildman–Crippen MR) is 143 cm³/mol. The first-order chi connectivity index (χ1) is 15.7. The highest BCUT2D eigenvalue weighted by Gasteiger charge is 2.21. The molecule has 1 aromatic rings. The Labute approximate surface area is 196 Å². The maximum atomic E-state index is 13.0. The first-order valence-electron chi connectivity index (χ1n) is 11.2. The van der Waals surface area contributed by atoms with Crippen LogP contribution in [-0.2, 0) is 0 Å². The Kier molecular flexibility index (Phi) is 15.3. The average Bonchev–Trinajstić information content (AvgIpc) is 3.07. The summed E-state index contributed by atoms with van der Waals surface area (Å²) in [6.45, 7) is 8.12. The maximum Gasteiger partial charge on any atom is 0.256 e. The molecule has 7 heteroatoms. The molecule has 1 amide bonds. The van der Waals surface area contributed by atoms with E-state index in [-0.39, 0.29) is 5.91 Å². The van der Waals surface area contributed by atoms with Gasteiger partial charge in [0.1, 0.15) is 0 Å². The monoisotopic (exact) mass is 455 g/mol. The molecule has 0 bridgehead atoms. The number of rotatable bonds is 8. The van der Waals surface area contributed by atoms with Crippen molar-refractivity contribution in [1.29, 1.82) is 0 Å². The third kappa shape index (κ3) is 11.1. The molecule has 1 unspecified atom stereocenters. The van der Waals surface area contributed by atoms with E-state index in [4.69, 9.17) is 0 Å². The van der Waals surface area contributed by atoms with E-state index in [9.17, 15) is 4.79 Å². The lowest BCUT2D eigenvalue weighted by Crippen LogP contribution is -2.35. The van der Waals surface area contributed by atoms with Gasteiger partial charge in [-0.25, -0.2) is 4.99 Å². The number of carbonyl (C=O) groups excluding carboxylic acids is 1. The van der Waals surface area contributed by atoms with Crippen LogP contribution in [0, 0.1) is 0 Å².